The number of para-hydroxylation sites is 4. The average Bonchev–Trinajstić information content (AvgIpc) is 3.82. The smallest absolute Gasteiger partial charge is 0.161 e. The van der Waals surface area contributed by atoms with Gasteiger partial charge in [-0.25, -0.2) is 0 Å². The molecule has 0 spiro atoms. The van der Waals surface area contributed by atoms with Gasteiger partial charge in [0.1, 0.15) is 11.1 Å². The Bertz CT molecular complexity index is 3230. The fraction of sp³-hybridized carbons (Fsp3) is 0. The molecule has 0 aliphatic rings. The summed E-state index contributed by atoms with van der Waals surface area (Å²) < 4.78 is 9.28. The van der Waals surface area contributed by atoms with E-state index in [0.717, 1.165) is 72.4 Å². The van der Waals surface area contributed by atoms with Gasteiger partial charge in [0.2, 0.25) is 0 Å². The molecular formula is C54H36N2O. The van der Waals surface area contributed by atoms with E-state index in [-0.39, 0.29) is 0 Å². The van der Waals surface area contributed by atoms with Gasteiger partial charge in [0.05, 0.1) is 11.2 Å². The number of aromatic nitrogens is 1. The molecule has 2 aromatic heterocycles. The third-order valence-corrected chi connectivity index (χ3v) is 11.2. The molecule has 57 heavy (non-hydrogen) atoms. The topological polar surface area (TPSA) is 21.3 Å². The van der Waals surface area contributed by atoms with E-state index in [1.807, 2.05) is 0 Å². The van der Waals surface area contributed by atoms with Crippen molar-refractivity contribution < 1.29 is 4.42 Å². The number of anilines is 3. The third-order valence-electron chi connectivity index (χ3n) is 11.2. The highest BCUT2D eigenvalue weighted by atomic mass is 16.3. The van der Waals surface area contributed by atoms with Gasteiger partial charge in [-0.2, -0.15) is 0 Å². The Labute approximate surface area is 330 Å². The van der Waals surface area contributed by atoms with Gasteiger partial charge in [0.25, 0.3) is 0 Å². The summed E-state index contributed by atoms with van der Waals surface area (Å²) in [6.07, 6.45) is 0. The van der Waals surface area contributed by atoms with Gasteiger partial charge in [-0.1, -0.05) is 152 Å². The van der Waals surface area contributed by atoms with Crippen LogP contribution < -0.4 is 4.90 Å². The molecule has 0 atom stereocenters. The molecule has 0 fully saturated rings. The highest BCUT2D eigenvalue weighted by molar-refractivity contribution is 6.18. The van der Waals surface area contributed by atoms with Crippen molar-refractivity contribution in [2.24, 2.45) is 0 Å². The van der Waals surface area contributed by atoms with E-state index in [0.29, 0.717) is 0 Å². The fourth-order valence-corrected chi connectivity index (χ4v) is 8.51. The van der Waals surface area contributed by atoms with Crippen LogP contribution in [0.4, 0.5) is 17.1 Å². The Morgan fingerprint density at radius 1 is 0.368 bits per heavy atom. The second kappa shape index (κ2) is 13.6. The van der Waals surface area contributed by atoms with Crippen LogP contribution >= 0.6 is 0 Å². The second-order valence-electron chi connectivity index (χ2n) is 14.5. The molecule has 0 saturated heterocycles. The van der Waals surface area contributed by atoms with Gasteiger partial charge in [-0.05, 0) is 99.8 Å². The summed E-state index contributed by atoms with van der Waals surface area (Å²) in [4.78, 5) is 2.38. The minimum absolute atomic E-state index is 0.881. The van der Waals surface area contributed by atoms with Crippen LogP contribution in [0.15, 0.2) is 223 Å². The van der Waals surface area contributed by atoms with Gasteiger partial charge in [-0.3, -0.25) is 0 Å². The molecule has 0 aliphatic heterocycles. The van der Waals surface area contributed by atoms with Crippen LogP contribution in [0.25, 0.3) is 82.8 Å². The number of fused-ring (bicyclic) bond motifs is 6. The Kier molecular flexibility index (Phi) is 7.82. The molecule has 11 aromatic rings. The Morgan fingerprint density at radius 3 is 1.88 bits per heavy atom. The van der Waals surface area contributed by atoms with Gasteiger partial charge in [0, 0.05) is 39.0 Å². The lowest BCUT2D eigenvalue weighted by atomic mass is 9.99. The van der Waals surface area contributed by atoms with Crippen molar-refractivity contribution in [1.82, 2.24) is 4.57 Å². The van der Waals surface area contributed by atoms with Crippen molar-refractivity contribution in [3.8, 4) is 39.1 Å². The highest BCUT2D eigenvalue weighted by Crippen LogP contribution is 2.45. The molecule has 9 aromatic carbocycles. The first-order valence-corrected chi connectivity index (χ1v) is 19.4. The highest BCUT2D eigenvalue weighted by Gasteiger charge is 2.22. The molecule has 3 heteroatoms. The fourth-order valence-electron chi connectivity index (χ4n) is 8.51. The number of rotatable bonds is 7. The summed E-state index contributed by atoms with van der Waals surface area (Å²) in [5.41, 5.74) is 15.2. The molecule has 0 radical (unpaired) electrons. The molecule has 3 nitrogen and oxygen atoms in total. The summed E-state index contributed by atoms with van der Waals surface area (Å²) >= 11 is 0. The van der Waals surface area contributed by atoms with Crippen molar-refractivity contribution in [2.75, 3.05) is 4.90 Å². The normalized spacial score (nSPS) is 11.5. The number of nitrogens with zero attached hydrogens (tertiary/aromatic N) is 2. The molecule has 0 saturated carbocycles. The summed E-state index contributed by atoms with van der Waals surface area (Å²) in [7, 11) is 0. The Balaban J connectivity index is 1.08. The lowest BCUT2D eigenvalue weighted by Gasteiger charge is -2.28. The Hall–Kier alpha value is -7.62. The molecular weight excluding hydrogens is 693 g/mol. The van der Waals surface area contributed by atoms with Crippen molar-refractivity contribution in [2.45, 2.75) is 0 Å². The second-order valence-corrected chi connectivity index (χ2v) is 14.5. The van der Waals surface area contributed by atoms with Crippen molar-refractivity contribution in [3.05, 3.63) is 218 Å². The van der Waals surface area contributed by atoms with Crippen LogP contribution in [0, 0.1) is 0 Å². The number of hydrogen-bond acceptors (Lipinski definition) is 2. The van der Waals surface area contributed by atoms with E-state index in [2.05, 4.69) is 228 Å². The van der Waals surface area contributed by atoms with Crippen LogP contribution in [-0.4, -0.2) is 4.57 Å². The lowest BCUT2D eigenvalue weighted by molar-refractivity contribution is 0.674. The van der Waals surface area contributed by atoms with E-state index in [4.69, 9.17) is 4.42 Å². The zero-order chi connectivity index (χ0) is 37.7. The zero-order valence-corrected chi connectivity index (χ0v) is 31.1. The first-order chi connectivity index (χ1) is 28.3. The van der Waals surface area contributed by atoms with Crippen LogP contribution in [-0.2, 0) is 0 Å². The van der Waals surface area contributed by atoms with Gasteiger partial charge >= 0.3 is 0 Å². The van der Waals surface area contributed by atoms with Crippen LogP contribution in [0.1, 0.15) is 0 Å². The predicted molar refractivity (Wildman–Crippen MR) is 239 cm³/mol. The quantitative estimate of drug-likeness (QED) is 0.163. The molecule has 0 N–H and O–H groups in total. The summed E-state index contributed by atoms with van der Waals surface area (Å²) in [6, 6.07) is 78.0. The summed E-state index contributed by atoms with van der Waals surface area (Å²) in [6.45, 7) is 0. The number of benzene rings is 9. The third kappa shape index (κ3) is 5.60. The summed E-state index contributed by atoms with van der Waals surface area (Å²) in [5, 5.41) is 4.67. The standard InChI is InChI=1S/C54H36N2O/c1-3-16-39(17-4-1)46-23-9-11-27-50(46)55(44-33-31-38(32-34-44)41-30-29-37-15-7-8-18-40(37)35-41)45-22-13-19-42(36-45)47-25-14-26-49-52-54(57-53(47)49)48-24-10-12-28-51(48)56(52)43-20-5-2-6-21-43/h1-36H. The molecule has 11 rings (SSSR count). The predicted octanol–water partition coefficient (Wildman–Crippen LogP) is 15.2. The number of hydrogen-bond donors (Lipinski definition) is 0. The molecule has 2 heterocycles. The van der Waals surface area contributed by atoms with Gasteiger partial charge in [0.15, 0.2) is 5.58 Å². The lowest BCUT2D eigenvalue weighted by Crippen LogP contribution is -2.11. The maximum atomic E-state index is 6.95. The molecule has 268 valence electrons. The van der Waals surface area contributed by atoms with E-state index in [1.54, 1.807) is 0 Å². The molecule has 0 bridgehead atoms. The van der Waals surface area contributed by atoms with Crippen LogP contribution in [0.3, 0.4) is 0 Å². The summed E-state index contributed by atoms with van der Waals surface area (Å²) in [5.74, 6) is 0. The van der Waals surface area contributed by atoms with E-state index in [1.165, 1.54) is 27.5 Å². The van der Waals surface area contributed by atoms with Crippen molar-refractivity contribution in [1.29, 1.82) is 0 Å². The maximum absolute atomic E-state index is 6.95. The van der Waals surface area contributed by atoms with Crippen LogP contribution in [0.5, 0.6) is 0 Å². The van der Waals surface area contributed by atoms with Gasteiger partial charge in [-0.15, -0.1) is 0 Å². The monoisotopic (exact) mass is 728 g/mol. The minimum atomic E-state index is 0.881. The van der Waals surface area contributed by atoms with Gasteiger partial charge < -0.3 is 13.9 Å². The Morgan fingerprint density at radius 2 is 1.02 bits per heavy atom. The number of furan rings is 1. The SMILES string of the molecule is c1ccc(-c2ccccc2N(c2ccc(-c3ccc4ccccc4c3)cc2)c2cccc(-c3cccc4c3oc3c5ccccc5n(-c5ccccc5)c43)c2)cc1. The first-order valence-electron chi connectivity index (χ1n) is 19.4. The molecule has 0 amide bonds. The van der Waals surface area contributed by atoms with E-state index >= 15 is 0 Å². The van der Waals surface area contributed by atoms with Crippen molar-refractivity contribution >= 4 is 60.8 Å². The van der Waals surface area contributed by atoms with Crippen LogP contribution in [0.2, 0.25) is 0 Å². The van der Waals surface area contributed by atoms with E-state index < -0.39 is 0 Å². The minimum Gasteiger partial charge on any atom is -0.453 e. The average molecular weight is 729 g/mol. The maximum Gasteiger partial charge on any atom is 0.161 e. The molecule has 0 aliphatic carbocycles. The first kappa shape index (κ1) is 32.8. The zero-order valence-electron chi connectivity index (χ0n) is 31.1. The van der Waals surface area contributed by atoms with E-state index in [9.17, 15) is 0 Å². The van der Waals surface area contributed by atoms with Crippen molar-refractivity contribution in [3.63, 3.8) is 0 Å². The molecule has 0 unspecified atom stereocenters. The largest absolute Gasteiger partial charge is 0.453 e.